The van der Waals surface area contributed by atoms with Crippen molar-refractivity contribution in [2.75, 3.05) is 0 Å². The standard InChI is InChI=1S/C15H14BrClN2O/c16-11-1-4-13(17)15(7-11)20-14-5-6-18-8-10(14)9-19-12-2-3-12/h1,4-8,12,19H,2-3,9H2. The Bertz CT molecular complexity index is 617. The number of benzene rings is 1. The zero-order valence-corrected chi connectivity index (χ0v) is 13.1. The van der Waals surface area contributed by atoms with E-state index in [0.717, 1.165) is 22.3 Å². The summed E-state index contributed by atoms with van der Waals surface area (Å²) in [6.45, 7) is 0.763. The summed E-state index contributed by atoms with van der Waals surface area (Å²) in [7, 11) is 0. The van der Waals surface area contributed by atoms with Crippen molar-refractivity contribution in [3.63, 3.8) is 0 Å². The molecular weight excluding hydrogens is 340 g/mol. The molecule has 3 nitrogen and oxygen atoms in total. The predicted molar refractivity (Wildman–Crippen MR) is 83.3 cm³/mol. The maximum absolute atomic E-state index is 6.16. The van der Waals surface area contributed by atoms with Crippen LogP contribution in [-0.2, 0) is 6.54 Å². The highest BCUT2D eigenvalue weighted by molar-refractivity contribution is 9.10. The molecule has 1 saturated carbocycles. The van der Waals surface area contributed by atoms with Gasteiger partial charge in [0.2, 0.25) is 0 Å². The number of hydrogen-bond donors (Lipinski definition) is 1. The number of ether oxygens (including phenoxy) is 1. The van der Waals surface area contributed by atoms with E-state index >= 15 is 0 Å². The molecule has 1 N–H and O–H groups in total. The Labute approximate surface area is 131 Å². The van der Waals surface area contributed by atoms with Gasteiger partial charge in [0.05, 0.1) is 5.02 Å². The molecule has 0 atom stereocenters. The van der Waals surface area contributed by atoms with Crippen molar-refractivity contribution in [2.45, 2.75) is 25.4 Å². The van der Waals surface area contributed by atoms with Crippen LogP contribution < -0.4 is 10.1 Å². The summed E-state index contributed by atoms with van der Waals surface area (Å²) in [6.07, 6.45) is 6.07. The van der Waals surface area contributed by atoms with Crippen LogP contribution in [0.25, 0.3) is 0 Å². The van der Waals surface area contributed by atoms with Crippen LogP contribution in [0.15, 0.2) is 41.1 Å². The van der Waals surface area contributed by atoms with Crippen LogP contribution in [0, 0.1) is 0 Å². The van der Waals surface area contributed by atoms with E-state index in [9.17, 15) is 0 Å². The summed E-state index contributed by atoms with van der Waals surface area (Å²) < 4.78 is 6.87. The molecule has 20 heavy (non-hydrogen) atoms. The van der Waals surface area contributed by atoms with Crippen LogP contribution in [0.3, 0.4) is 0 Å². The molecular formula is C15H14BrClN2O. The minimum absolute atomic E-state index is 0.589. The molecule has 1 aromatic heterocycles. The Morgan fingerprint density at radius 2 is 2.15 bits per heavy atom. The first-order valence-electron chi connectivity index (χ1n) is 6.51. The number of halogens is 2. The van der Waals surface area contributed by atoms with Crippen molar-refractivity contribution in [3.8, 4) is 11.5 Å². The first kappa shape index (κ1) is 13.9. The lowest BCUT2D eigenvalue weighted by Gasteiger charge is -2.12. The van der Waals surface area contributed by atoms with E-state index in [0.29, 0.717) is 16.8 Å². The summed E-state index contributed by atoms with van der Waals surface area (Å²) in [5.74, 6) is 1.42. The zero-order chi connectivity index (χ0) is 13.9. The third-order valence-electron chi connectivity index (χ3n) is 3.13. The van der Waals surface area contributed by atoms with Crippen molar-refractivity contribution in [1.29, 1.82) is 0 Å². The lowest BCUT2D eigenvalue weighted by molar-refractivity contribution is 0.471. The van der Waals surface area contributed by atoms with Gasteiger partial charge in [0, 0.05) is 35.0 Å². The van der Waals surface area contributed by atoms with E-state index in [1.165, 1.54) is 12.8 Å². The summed E-state index contributed by atoms with van der Waals surface area (Å²) in [4.78, 5) is 4.16. The second kappa shape index (κ2) is 6.12. The second-order valence-electron chi connectivity index (χ2n) is 4.82. The molecule has 0 amide bonds. The van der Waals surface area contributed by atoms with Gasteiger partial charge in [-0.2, -0.15) is 0 Å². The predicted octanol–water partition coefficient (Wildman–Crippen LogP) is 4.54. The van der Waals surface area contributed by atoms with E-state index < -0.39 is 0 Å². The van der Waals surface area contributed by atoms with Crippen molar-refractivity contribution in [1.82, 2.24) is 10.3 Å². The number of pyridine rings is 1. The summed E-state index contributed by atoms with van der Waals surface area (Å²) >= 11 is 9.58. The average Bonchev–Trinajstić information content (AvgIpc) is 3.26. The minimum atomic E-state index is 0.589. The third kappa shape index (κ3) is 3.51. The van der Waals surface area contributed by atoms with Crippen LogP contribution >= 0.6 is 27.5 Å². The van der Waals surface area contributed by atoms with Crippen LogP contribution in [0.5, 0.6) is 11.5 Å². The number of hydrogen-bond acceptors (Lipinski definition) is 3. The summed E-state index contributed by atoms with van der Waals surface area (Å²) in [6, 6.07) is 8.07. The molecule has 5 heteroatoms. The maximum atomic E-state index is 6.16. The number of nitrogens with one attached hydrogen (secondary N) is 1. The van der Waals surface area contributed by atoms with Gasteiger partial charge in [-0.1, -0.05) is 27.5 Å². The fourth-order valence-electron chi connectivity index (χ4n) is 1.86. The van der Waals surface area contributed by atoms with Crippen molar-refractivity contribution < 1.29 is 4.74 Å². The summed E-state index contributed by atoms with van der Waals surface area (Å²) in [5, 5.41) is 4.05. The molecule has 0 bridgehead atoms. The quantitative estimate of drug-likeness (QED) is 0.857. The van der Waals surface area contributed by atoms with Gasteiger partial charge in [0.25, 0.3) is 0 Å². The normalized spacial score (nSPS) is 14.3. The molecule has 1 heterocycles. The Hall–Kier alpha value is -1.10. The molecule has 0 radical (unpaired) electrons. The molecule has 3 rings (SSSR count). The van der Waals surface area contributed by atoms with E-state index in [1.54, 1.807) is 6.20 Å². The zero-order valence-electron chi connectivity index (χ0n) is 10.8. The largest absolute Gasteiger partial charge is 0.455 e. The van der Waals surface area contributed by atoms with E-state index in [1.807, 2.05) is 30.5 Å². The molecule has 0 aliphatic heterocycles. The molecule has 1 fully saturated rings. The number of aromatic nitrogens is 1. The van der Waals surface area contributed by atoms with Gasteiger partial charge in [-0.25, -0.2) is 0 Å². The fourth-order valence-corrected chi connectivity index (χ4v) is 2.36. The highest BCUT2D eigenvalue weighted by Gasteiger charge is 2.20. The SMILES string of the molecule is Clc1ccc(Br)cc1Oc1ccncc1CNC1CC1. The minimum Gasteiger partial charge on any atom is -0.455 e. The smallest absolute Gasteiger partial charge is 0.147 e. The Kier molecular flexibility index (Phi) is 4.24. The van der Waals surface area contributed by atoms with Gasteiger partial charge in [-0.3, -0.25) is 4.98 Å². The first-order valence-corrected chi connectivity index (χ1v) is 7.68. The van der Waals surface area contributed by atoms with Gasteiger partial charge in [-0.15, -0.1) is 0 Å². The van der Waals surface area contributed by atoms with Crippen LogP contribution in [-0.4, -0.2) is 11.0 Å². The summed E-state index contributed by atoms with van der Waals surface area (Å²) in [5.41, 5.74) is 1.04. The van der Waals surface area contributed by atoms with E-state index in [4.69, 9.17) is 16.3 Å². The second-order valence-corrected chi connectivity index (χ2v) is 6.14. The van der Waals surface area contributed by atoms with E-state index in [2.05, 4.69) is 26.2 Å². The van der Waals surface area contributed by atoms with Crippen molar-refractivity contribution in [3.05, 3.63) is 51.7 Å². The number of nitrogens with zero attached hydrogens (tertiary/aromatic N) is 1. The average molecular weight is 354 g/mol. The lowest BCUT2D eigenvalue weighted by Crippen LogP contribution is -2.15. The van der Waals surface area contributed by atoms with Gasteiger partial charge >= 0.3 is 0 Å². The Balaban J connectivity index is 1.80. The monoisotopic (exact) mass is 352 g/mol. The van der Waals surface area contributed by atoms with Gasteiger partial charge in [0.1, 0.15) is 11.5 Å². The van der Waals surface area contributed by atoms with E-state index in [-0.39, 0.29) is 0 Å². The highest BCUT2D eigenvalue weighted by atomic mass is 79.9. The Morgan fingerprint density at radius 3 is 2.95 bits per heavy atom. The fraction of sp³-hybridized carbons (Fsp3) is 0.267. The van der Waals surface area contributed by atoms with Crippen molar-refractivity contribution >= 4 is 27.5 Å². The molecule has 2 aromatic rings. The lowest BCUT2D eigenvalue weighted by atomic mass is 10.2. The van der Waals surface area contributed by atoms with Gasteiger partial charge in [0.15, 0.2) is 0 Å². The van der Waals surface area contributed by atoms with Crippen LogP contribution in [0.2, 0.25) is 5.02 Å². The molecule has 1 aromatic carbocycles. The number of rotatable bonds is 5. The van der Waals surface area contributed by atoms with Gasteiger partial charge < -0.3 is 10.1 Å². The van der Waals surface area contributed by atoms with Crippen LogP contribution in [0.4, 0.5) is 0 Å². The molecule has 0 unspecified atom stereocenters. The Morgan fingerprint density at radius 1 is 1.30 bits per heavy atom. The molecule has 104 valence electrons. The van der Waals surface area contributed by atoms with Crippen molar-refractivity contribution in [2.24, 2.45) is 0 Å². The maximum Gasteiger partial charge on any atom is 0.147 e. The molecule has 1 aliphatic rings. The highest BCUT2D eigenvalue weighted by Crippen LogP contribution is 2.33. The van der Waals surface area contributed by atoms with Crippen LogP contribution in [0.1, 0.15) is 18.4 Å². The van der Waals surface area contributed by atoms with Gasteiger partial charge in [-0.05, 0) is 37.1 Å². The molecule has 1 aliphatic carbocycles. The topological polar surface area (TPSA) is 34.1 Å². The first-order chi connectivity index (χ1) is 9.72. The molecule has 0 spiro atoms. The third-order valence-corrected chi connectivity index (χ3v) is 3.94. The molecule has 0 saturated heterocycles.